The smallest absolute Gasteiger partial charge is 0.243 e. The molecule has 2 aliphatic carbocycles. The van der Waals surface area contributed by atoms with Crippen molar-refractivity contribution in [2.24, 2.45) is 28.3 Å². The second-order valence-electron chi connectivity index (χ2n) is 10.1. The zero-order chi connectivity index (χ0) is 21.7. The van der Waals surface area contributed by atoms with Crippen molar-refractivity contribution in [3.8, 4) is 0 Å². The van der Waals surface area contributed by atoms with Crippen molar-refractivity contribution in [3.05, 3.63) is 29.8 Å². The molecular formula is C25H37N3O2. The van der Waals surface area contributed by atoms with Crippen molar-refractivity contribution >= 4 is 23.2 Å². The molecule has 0 spiro atoms. The number of anilines is 1. The maximum absolute atomic E-state index is 12.6. The first-order valence-electron chi connectivity index (χ1n) is 11.5. The standard InChI is InChI=1S/C25H37N3O2/c1-17(27-28-24(30)19-12-14-21(15-13-19)25(2,3)4)20-10-7-11-22(16-20)26-23(29)18-8-5-6-9-18/h7,10-11,16,18-19,21H,5-6,8-9,12-15H2,1-4H3,(H,26,29)(H,28,30). The molecule has 1 aromatic rings. The molecule has 0 saturated heterocycles. The predicted octanol–water partition coefficient (Wildman–Crippen LogP) is 5.51. The van der Waals surface area contributed by atoms with Crippen LogP contribution in [0.1, 0.15) is 84.6 Å². The number of hydrogen-bond acceptors (Lipinski definition) is 3. The van der Waals surface area contributed by atoms with Crippen LogP contribution in [0.5, 0.6) is 0 Å². The third kappa shape index (κ3) is 5.93. The summed E-state index contributed by atoms with van der Waals surface area (Å²) in [4.78, 5) is 24.9. The van der Waals surface area contributed by atoms with E-state index in [4.69, 9.17) is 0 Å². The quantitative estimate of drug-likeness (QED) is 0.495. The van der Waals surface area contributed by atoms with E-state index in [1.54, 1.807) is 0 Å². The van der Waals surface area contributed by atoms with Crippen LogP contribution in [-0.4, -0.2) is 17.5 Å². The maximum Gasteiger partial charge on any atom is 0.243 e. The van der Waals surface area contributed by atoms with Crippen molar-refractivity contribution in [2.75, 3.05) is 5.32 Å². The van der Waals surface area contributed by atoms with Crippen LogP contribution >= 0.6 is 0 Å². The van der Waals surface area contributed by atoms with E-state index in [2.05, 4.69) is 36.6 Å². The first-order valence-corrected chi connectivity index (χ1v) is 11.5. The van der Waals surface area contributed by atoms with E-state index in [-0.39, 0.29) is 23.7 Å². The van der Waals surface area contributed by atoms with E-state index in [0.717, 1.165) is 68.3 Å². The van der Waals surface area contributed by atoms with E-state index in [1.165, 1.54) is 0 Å². The molecule has 2 amide bonds. The van der Waals surface area contributed by atoms with Crippen molar-refractivity contribution in [3.63, 3.8) is 0 Å². The fraction of sp³-hybridized carbons (Fsp3) is 0.640. The molecule has 2 fully saturated rings. The summed E-state index contributed by atoms with van der Waals surface area (Å²) in [6.45, 7) is 8.75. The highest BCUT2D eigenvalue weighted by molar-refractivity contribution is 6.01. The molecule has 0 atom stereocenters. The van der Waals surface area contributed by atoms with Gasteiger partial charge in [0, 0.05) is 17.5 Å². The third-order valence-electron chi connectivity index (χ3n) is 6.93. The molecule has 0 heterocycles. The Balaban J connectivity index is 1.54. The van der Waals surface area contributed by atoms with Crippen LogP contribution in [0, 0.1) is 23.2 Å². The van der Waals surface area contributed by atoms with Gasteiger partial charge in [0.15, 0.2) is 0 Å². The van der Waals surface area contributed by atoms with Gasteiger partial charge in [0.2, 0.25) is 11.8 Å². The number of nitrogens with zero attached hydrogens (tertiary/aromatic N) is 1. The first-order chi connectivity index (χ1) is 14.2. The molecule has 3 rings (SSSR count). The van der Waals surface area contributed by atoms with E-state index in [9.17, 15) is 9.59 Å². The molecule has 5 nitrogen and oxygen atoms in total. The predicted molar refractivity (Wildman–Crippen MR) is 122 cm³/mol. The van der Waals surface area contributed by atoms with Gasteiger partial charge in [0.1, 0.15) is 0 Å². The minimum atomic E-state index is 0.0207. The van der Waals surface area contributed by atoms with Crippen LogP contribution in [0.15, 0.2) is 29.4 Å². The Morgan fingerprint density at radius 1 is 0.933 bits per heavy atom. The molecule has 0 bridgehead atoms. The van der Waals surface area contributed by atoms with Gasteiger partial charge in [-0.15, -0.1) is 0 Å². The van der Waals surface area contributed by atoms with Crippen LogP contribution in [0.4, 0.5) is 5.69 Å². The molecule has 2 aliphatic rings. The molecule has 0 radical (unpaired) electrons. The van der Waals surface area contributed by atoms with Crippen molar-refractivity contribution < 1.29 is 9.59 Å². The molecule has 164 valence electrons. The average Bonchev–Trinajstić information content (AvgIpc) is 3.26. The number of nitrogens with one attached hydrogen (secondary N) is 2. The highest BCUT2D eigenvalue weighted by Gasteiger charge is 2.32. The molecule has 2 saturated carbocycles. The highest BCUT2D eigenvalue weighted by Crippen LogP contribution is 2.39. The van der Waals surface area contributed by atoms with E-state index < -0.39 is 0 Å². The summed E-state index contributed by atoms with van der Waals surface area (Å²) in [5, 5.41) is 7.37. The van der Waals surface area contributed by atoms with Crippen molar-refractivity contribution in [2.45, 2.75) is 79.1 Å². The fourth-order valence-electron chi connectivity index (χ4n) is 4.77. The zero-order valence-corrected chi connectivity index (χ0v) is 19.0. The van der Waals surface area contributed by atoms with Gasteiger partial charge < -0.3 is 5.32 Å². The number of carbonyl (C=O) groups is 2. The van der Waals surface area contributed by atoms with Gasteiger partial charge in [-0.3, -0.25) is 9.59 Å². The van der Waals surface area contributed by atoms with Crippen molar-refractivity contribution in [1.29, 1.82) is 0 Å². The normalized spacial score (nSPS) is 23.3. The summed E-state index contributed by atoms with van der Waals surface area (Å²) >= 11 is 0. The van der Waals surface area contributed by atoms with Gasteiger partial charge in [0.05, 0.1) is 5.71 Å². The topological polar surface area (TPSA) is 70.6 Å². The van der Waals surface area contributed by atoms with E-state index >= 15 is 0 Å². The summed E-state index contributed by atoms with van der Waals surface area (Å²) in [6.07, 6.45) is 8.32. The summed E-state index contributed by atoms with van der Waals surface area (Å²) in [6, 6.07) is 7.68. The minimum absolute atomic E-state index is 0.0207. The molecule has 2 N–H and O–H groups in total. The van der Waals surface area contributed by atoms with Gasteiger partial charge in [-0.1, -0.05) is 45.7 Å². The van der Waals surface area contributed by atoms with Gasteiger partial charge in [0.25, 0.3) is 0 Å². The number of hydrazone groups is 1. The molecular weight excluding hydrogens is 374 g/mol. The lowest BCUT2D eigenvalue weighted by Gasteiger charge is -2.36. The van der Waals surface area contributed by atoms with Gasteiger partial charge in [-0.2, -0.15) is 5.10 Å². The van der Waals surface area contributed by atoms with Crippen molar-refractivity contribution in [1.82, 2.24) is 5.43 Å². The Morgan fingerprint density at radius 2 is 1.57 bits per heavy atom. The Morgan fingerprint density at radius 3 is 2.20 bits per heavy atom. The summed E-state index contributed by atoms with van der Waals surface area (Å²) in [7, 11) is 0. The average molecular weight is 412 g/mol. The van der Waals surface area contributed by atoms with Gasteiger partial charge in [-0.05, 0) is 74.5 Å². The first kappa shape index (κ1) is 22.5. The maximum atomic E-state index is 12.6. The lowest BCUT2D eigenvalue weighted by molar-refractivity contribution is -0.126. The second kappa shape index (κ2) is 9.76. The summed E-state index contributed by atoms with van der Waals surface area (Å²) in [5.41, 5.74) is 5.51. The second-order valence-corrected chi connectivity index (χ2v) is 10.1. The van der Waals surface area contributed by atoms with Crippen LogP contribution in [0.25, 0.3) is 0 Å². The molecule has 30 heavy (non-hydrogen) atoms. The zero-order valence-electron chi connectivity index (χ0n) is 19.0. The van der Waals surface area contributed by atoms with Gasteiger partial charge >= 0.3 is 0 Å². The van der Waals surface area contributed by atoms with Crippen LogP contribution in [-0.2, 0) is 9.59 Å². The number of benzene rings is 1. The Bertz CT molecular complexity index is 780. The minimum Gasteiger partial charge on any atom is -0.326 e. The number of rotatable bonds is 5. The molecule has 5 heteroatoms. The van der Waals surface area contributed by atoms with E-state index in [0.29, 0.717) is 11.3 Å². The number of hydrogen-bond donors (Lipinski definition) is 2. The lowest BCUT2D eigenvalue weighted by Crippen LogP contribution is -2.33. The third-order valence-corrected chi connectivity index (χ3v) is 6.93. The Hall–Kier alpha value is -2.17. The molecule has 0 aromatic heterocycles. The summed E-state index contributed by atoms with van der Waals surface area (Å²) < 4.78 is 0. The fourth-order valence-corrected chi connectivity index (χ4v) is 4.77. The largest absolute Gasteiger partial charge is 0.326 e. The van der Waals surface area contributed by atoms with Gasteiger partial charge in [-0.25, -0.2) is 5.43 Å². The lowest BCUT2D eigenvalue weighted by atomic mass is 9.70. The molecule has 1 aromatic carbocycles. The van der Waals surface area contributed by atoms with Crippen LogP contribution < -0.4 is 10.7 Å². The monoisotopic (exact) mass is 411 g/mol. The highest BCUT2D eigenvalue weighted by atomic mass is 16.2. The van der Waals surface area contributed by atoms with E-state index in [1.807, 2.05) is 31.2 Å². The Labute approximate surface area is 181 Å². The SMILES string of the molecule is CC(=NNC(=O)C1CCC(C(C)(C)C)CC1)c1cccc(NC(=O)C2CCCC2)c1. The van der Waals surface area contributed by atoms with Crippen LogP contribution in [0.2, 0.25) is 0 Å². The molecule has 0 aliphatic heterocycles. The number of carbonyl (C=O) groups excluding carboxylic acids is 2. The number of amides is 2. The Kier molecular flexibility index (Phi) is 7.32. The van der Waals surface area contributed by atoms with Crippen LogP contribution in [0.3, 0.4) is 0 Å². The summed E-state index contributed by atoms with van der Waals surface area (Å²) in [5.74, 6) is 1.01. The molecule has 0 unspecified atom stereocenters.